The molecule has 0 aliphatic heterocycles. The van der Waals surface area contributed by atoms with Crippen LogP contribution in [0.5, 0.6) is 5.75 Å². The Hall–Kier alpha value is -1.62. The molecule has 18 heavy (non-hydrogen) atoms. The van der Waals surface area contributed by atoms with Crippen LogP contribution in [0.3, 0.4) is 0 Å². The van der Waals surface area contributed by atoms with E-state index in [4.69, 9.17) is 22.7 Å². The van der Waals surface area contributed by atoms with Gasteiger partial charge in [-0.3, -0.25) is 4.79 Å². The molecule has 4 nitrogen and oxygen atoms in total. The average Bonchev–Trinajstić information content (AvgIpc) is 2.31. The Morgan fingerprint density at radius 1 is 1.39 bits per heavy atom. The van der Waals surface area contributed by atoms with Gasteiger partial charge in [-0.1, -0.05) is 12.2 Å². The van der Waals surface area contributed by atoms with Crippen molar-refractivity contribution in [2.45, 2.75) is 20.3 Å². The summed E-state index contributed by atoms with van der Waals surface area (Å²) in [6.07, 6.45) is 0.340. The number of amides is 1. The van der Waals surface area contributed by atoms with Gasteiger partial charge in [0.15, 0.2) is 0 Å². The molecule has 0 bridgehead atoms. The quantitative estimate of drug-likeness (QED) is 0.792. The molecule has 0 aliphatic carbocycles. The molecule has 0 aromatic heterocycles. The standard InChI is InChI=1S/C13H18N2O2S/c1-8-6-10(13(14)18)7-9(2)12(8)17-5-4-11(16)15-3/h6-7H,4-5H2,1-3H3,(H2,14,18)(H,15,16). The topological polar surface area (TPSA) is 64.3 Å². The van der Waals surface area contributed by atoms with Gasteiger partial charge in [-0.05, 0) is 37.1 Å². The number of carbonyl (C=O) groups is 1. The number of nitrogens with one attached hydrogen (secondary N) is 1. The molecule has 5 heteroatoms. The molecule has 1 rings (SSSR count). The molecule has 0 fully saturated rings. The Morgan fingerprint density at radius 2 is 1.94 bits per heavy atom. The first-order chi connectivity index (χ1) is 8.45. The van der Waals surface area contributed by atoms with Crippen molar-refractivity contribution in [1.82, 2.24) is 5.32 Å². The lowest BCUT2D eigenvalue weighted by molar-refractivity contribution is -0.121. The zero-order valence-corrected chi connectivity index (χ0v) is 11.7. The highest BCUT2D eigenvalue weighted by molar-refractivity contribution is 7.80. The van der Waals surface area contributed by atoms with E-state index in [2.05, 4.69) is 5.32 Å². The van der Waals surface area contributed by atoms with Crippen LogP contribution >= 0.6 is 12.2 Å². The van der Waals surface area contributed by atoms with Crippen LogP contribution in [0.2, 0.25) is 0 Å². The summed E-state index contributed by atoms with van der Waals surface area (Å²) in [5.41, 5.74) is 8.36. The summed E-state index contributed by atoms with van der Waals surface area (Å²) in [4.78, 5) is 11.5. The fourth-order valence-corrected chi connectivity index (χ4v) is 1.81. The normalized spacial score (nSPS) is 9.94. The number of rotatable bonds is 5. The van der Waals surface area contributed by atoms with E-state index in [1.807, 2.05) is 26.0 Å². The van der Waals surface area contributed by atoms with Crippen LogP contribution in [-0.4, -0.2) is 24.6 Å². The minimum absolute atomic E-state index is 0.0370. The van der Waals surface area contributed by atoms with Crippen LogP contribution in [0, 0.1) is 13.8 Å². The van der Waals surface area contributed by atoms with Gasteiger partial charge in [0, 0.05) is 12.6 Å². The van der Waals surface area contributed by atoms with E-state index in [1.54, 1.807) is 7.05 Å². The summed E-state index contributed by atoms with van der Waals surface area (Å²) >= 11 is 4.95. The Kier molecular flexibility index (Phi) is 5.09. The van der Waals surface area contributed by atoms with Gasteiger partial charge in [0.25, 0.3) is 0 Å². The molecule has 0 aliphatic rings. The second kappa shape index (κ2) is 6.35. The molecule has 0 atom stereocenters. The zero-order chi connectivity index (χ0) is 13.7. The summed E-state index contributed by atoms with van der Waals surface area (Å²) in [6.45, 7) is 4.22. The van der Waals surface area contributed by atoms with Gasteiger partial charge in [-0.2, -0.15) is 0 Å². The van der Waals surface area contributed by atoms with Crippen molar-refractivity contribution in [3.63, 3.8) is 0 Å². The van der Waals surface area contributed by atoms with E-state index in [1.165, 1.54) is 0 Å². The van der Waals surface area contributed by atoms with E-state index in [0.717, 1.165) is 22.4 Å². The van der Waals surface area contributed by atoms with E-state index in [9.17, 15) is 4.79 Å². The van der Waals surface area contributed by atoms with Crippen molar-refractivity contribution in [3.05, 3.63) is 28.8 Å². The summed E-state index contributed by atoms with van der Waals surface area (Å²) in [6, 6.07) is 3.79. The van der Waals surface area contributed by atoms with Crippen molar-refractivity contribution in [2.75, 3.05) is 13.7 Å². The molecule has 0 saturated heterocycles. The fraction of sp³-hybridized carbons (Fsp3) is 0.385. The second-order valence-corrected chi connectivity index (χ2v) is 4.51. The van der Waals surface area contributed by atoms with Gasteiger partial charge in [-0.15, -0.1) is 0 Å². The predicted octanol–water partition coefficient (Wildman–Crippen LogP) is 1.45. The molecule has 0 spiro atoms. The number of ether oxygens (including phenoxy) is 1. The number of thiocarbonyl (C=S) groups is 1. The molecule has 1 aromatic carbocycles. The number of nitrogens with two attached hydrogens (primary N) is 1. The molecule has 0 unspecified atom stereocenters. The van der Waals surface area contributed by atoms with Gasteiger partial charge >= 0.3 is 0 Å². The SMILES string of the molecule is CNC(=O)CCOc1c(C)cc(C(N)=S)cc1C. The van der Waals surface area contributed by atoms with Gasteiger partial charge in [0.2, 0.25) is 5.91 Å². The second-order valence-electron chi connectivity index (χ2n) is 4.08. The first kappa shape index (κ1) is 14.4. The third-order valence-corrected chi connectivity index (χ3v) is 2.83. The monoisotopic (exact) mass is 266 g/mol. The first-order valence-electron chi connectivity index (χ1n) is 5.70. The summed E-state index contributed by atoms with van der Waals surface area (Å²) < 4.78 is 5.63. The zero-order valence-electron chi connectivity index (χ0n) is 10.9. The predicted molar refractivity (Wildman–Crippen MR) is 76.0 cm³/mol. The lowest BCUT2D eigenvalue weighted by atomic mass is 10.1. The summed E-state index contributed by atoms with van der Waals surface area (Å²) in [5, 5.41) is 2.55. The van der Waals surface area contributed by atoms with Crippen LogP contribution in [0.15, 0.2) is 12.1 Å². The molecule has 98 valence electrons. The van der Waals surface area contributed by atoms with Gasteiger partial charge in [0.05, 0.1) is 13.0 Å². The maximum absolute atomic E-state index is 11.1. The molecule has 1 amide bonds. The maximum Gasteiger partial charge on any atom is 0.223 e. The van der Waals surface area contributed by atoms with Crippen LogP contribution in [0.1, 0.15) is 23.1 Å². The molecular formula is C13H18N2O2S. The first-order valence-corrected chi connectivity index (χ1v) is 6.11. The maximum atomic E-state index is 11.1. The third-order valence-electron chi connectivity index (χ3n) is 2.60. The van der Waals surface area contributed by atoms with Crippen LogP contribution in [0.4, 0.5) is 0 Å². The summed E-state index contributed by atoms with van der Waals surface area (Å²) in [5.74, 6) is 0.754. The van der Waals surface area contributed by atoms with Crippen LogP contribution < -0.4 is 15.8 Å². The highest BCUT2D eigenvalue weighted by atomic mass is 32.1. The highest BCUT2D eigenvalue weighted by Gasteiger charge is 2.08. The van der Waals surface area contributed by atoms with Gasteiger partial charge in [0.1, 0.15) is 10.7 Å². The van der Waals surface area contributed by atoms with E-state index in [0.29, 0.717) is 18.0 Å². The molecule has 0 radical (unpaired) electrons. The highest BCUT2D eigenvalue weighted by Crippen LogP contribution is 2.24. The van der Waals surface area contributed by atoms with Crippen molar-refractivity contribution < 1.29 is 9.53 Å². The lowest BCUT2D eigenvalue weighted by Crippen LogP contribution is -2.20. The number of hydrogen-bond donors (Lipinski definition) is 2. The minimum Gasteiger partial charge on any atom is -0.493 e. The molecule has 1 aromatic rings. The van der Waals surface area contributed by atoms with Gasteiger partial charge < -0.3 is 15.8 Å². The minimum atomic E-state index is -0.0370. The van der Waals surface area contributed by atoms with E-state index < -0.39 is 0 Å². The number of aryl methyl sites for hydroxylation is 2. The molecule has 0 heterocycles. The van der Waals surface area contributed by atoms with E-state index >= 15 is 0 Å². The molecular weight excluding hydrogens is 248 g/mol. The number of benzene rings is 1. The van der Waals surface area contributed by atoms with Gasteiger partial charge in [-0.25, -0.2) is 0 Å². The Morgan fingerprint density at radius 3 is 2.39 bits per heavy atom. The summed E-state index contributed by atoms with van der Waals surface area (Å²) in [7, 11) is 1.61. The fourth-order valence-electron chi connectivity index (χ4n) is 1.69. The van der Waals surface area contributed by atoms with Crippen molar-refractivity contribution in [1.29, 1.82) is 0 Å². The average molecular weight is 266 g/mol. The van der Waals surface area contributed by atoms with Crippen molar-refractivity contribution in [2.24, 2.45) is 5.73 Å². The smallest absolute Gasteiger partial charge is 0.223 e. The Bertz CT molecular complexity index is 449. The molecule has 0 saturated carbocycles. The Labute approximate surface area is 113 Å². The Balaban J connectivity index is 2.78. The van der Waals surface area contributed by atoms with Crippen LogP contribution in [-0.2, 0) is 4.79 Å². The largest absolute Gasteiger partial charge is 0.493 e. The number of carbonyl (C=O) groups excluding carboxylic acids is 1. The van der Waals surface area contributed by atoms with Crippen molar-refractivity contribution >= 4 is 23.1 Å². The third kappa shape index (κ3) is 3.70. The lowest BCUT2D eigenvalue weighted by Gasteiger charge is -2.13. The number of hydrogen-bond acceptors (Lipinski definition) is 3. The van der Waals surface area contributed by atoms with Crippen molar-refractivity contribution in [3.8, 4) is 5.75 Å². The molecule has 3 N–H and O–H groups in total. The van der Waals surface area contributed by atoms with E-state index in [-0.39, 0.29) is 5.91 Å². The van der Waals surface area contributed by atoms with Crippen LogP contribution in [0.25, 0.3) is 0 Å².